The van der Waals surface area contributed by atoms with Gasteiger partial charge in [-0.3, -0.25) is 4.98 Å². The Labute approximate surface area is 97.5 Å². The van der Waals surface area contributed by atoms with Crippen LogP contribution in [-0.2, 0) is 4.74 Å². The van der Waals surface area contributed by atoms with E-state index in [4.69, 9.17) is 4.74 Å². The molecule has 0 aliphatic heterocycles. The molecule has 0 unspecified atom stereocenters. The third-order valence-corrected chi connectivity index (χ3v) is 2.07. The van der Waals surface area contributed by atoms with Crippen molar-refractivity contribution in [3.63, 3.8) is 0 Å². The van der Waals surface area contributed by atoms with Gasteiger partial charge in [-0.05, 0) is 19.1 Å². The molecule has 0 atom stereocenters. The molecule has 0 saturated carbocycles. The second-order valence-electron chi connectivity index (χ2n) is 3.24. The number of hydrogen-bond acceptors (Lipinski definition) is 5. The summed E-state index contributed by atoms with van der Waals surface area (Å²) in [5.74, 6) is -0.861. The Kier molecular flexibility index (Phi) is 3.04. The monoisotopic (exact) mass is 233 g/mol. The average molecular weight is 233 g/mol. The Bertz CT molecular complexity index is 522. The first-order valence-electron chi connectivity index (χ1n) is 5.08. The van der Waals surface area contributed by atoms with Gasteiger partial charge in [0.05, 0.1) is 24.7 Å². The Morgan fingerprint density at radius 3 is 3.06 bits per heavy atom. The summed E-state index contributed by atoms with van der Waals surface area (Å²) in [5, 5.41) is 13.5. The highest BCUT2D eigenvalue weighted by Gasteiger charge is 2.17. The molecular formula is C11H11N3O3. The Balaban J connectivity index is 2.34. The molecule has 17 heavy (non-hydrogen) atoms. The largest absolute Gasteiger partial charge is 0.504 e. The van der Waals surface area contributed by atoms with Crippen LogP contribution < -0.4 is 0 Å². The molecule has 2 aromatic rings. The van der Waals surface area contributed by atoms with Gasteiger partial charge in [-0.15, -0.1) is 0 Å². The van der Waals surface area contributed by atoms with Gasteiger partial charge in [0.1, 0.15) is 0 Å². The van der Waals surface area contributed by atoms with Crippen molar-refractivity contribution in [1.29, 1.82) is 0 Å². The number of ether oxygens (including phenoxy) is 1. The highest BCUT2D eigenvalue weighted by molar-refractivity contribution is 5.90. The van der Waals surface area contributed by atoms with Gasteiger partial charge in [-0.1, -0.05) is 0 Å². The van der Waals surface area contributed by atoms with E-state index in [2.05, 4.69) is 10.1 Å². The number of pyridine rings is 1. The smallest absolute Gasteiger partial charge is 0.362 e. The topological polar surface area (TPSA) is 77.2 Å². The molecule has 0 radical (unpaired) electrons. The maximum absolute atomic E-state index is 11.4. The summed E-state index contributed by atoms with van der Waals surface area (Å²) in [6.45, 7) is 1.92. The van der Waals surface area contributed by atoms with Crippen molar-refractivity contribution >= 4 is 5.97 Å². The lowest BCUT2D eigenvalue weighted by Gasteiger charge is -1.99. The van der Waals surface area contributed by atoms with Crippen LogP contribution in [0.4, 0.5) is 0 Å². The van der Waals surface area contributed by atoms with Crippen LogP contribution in [0.2, 0.25) is 0 Å². The zero-order valence-corrected chi connectivity index (χ0v) is 9.20. The molecule has 2 aromatic heterocycles. The van der Waals surface area contributed by atoms with Crippen LogP contribution in [0.5, 0.6) is 5.75 Å². The number of nitrogens with zero attached hydrogens (tertiary/aromatic N) is 3. The van der Waals surface area contributed by atoms with Gasteiger partial charge in [-0.2, -0.15) is 5.10 Å². The summed E-state index contributed by atoms with van der Waals surface area (Å²) in [6, 6.07) is 3.49. The first-order valence-corrected chi connectivity index (χ1v) is 5.08. The van der Waals surface area contributed by atoms with Crippen molar-refractivity contribution in [2.45, 2.75) is 6.92 Å². The number of rotatable bonds is 3. The molecule has 0 aliphatic rings. The van der Waals surface area contributed by atoms with E-state index < -0.39 is 5.97 Å². The van der Waals surface area contributed by atoms with E-state index in [0.29, 0.717) is 5.69 Å². The SMILES string of the molecule is CCOC(=O)c1nn(-c2cccnc2)cc1O. The number of esters is 1. The lowest BCUT2D eigenvalue weighted by Crippen LogP contribution is -2.06. The molecule has 0 spiro atoms. The molecule has 1 N–H and O–H groups in total. The number of aromatic hydroxyl groups is 1. The summed E-state index contributed by atoms with van der Waals surface area (Å²) >= 11 is 0. The lowest BCUT2D eigenvalue weighted by atomic mass is 10.4. The van der Waals surface area contributed by atoms with E-state index in [0.717, 1.165) is 0 Å². The van der Waals surface area contributed by atoms with Gasteiger partial charge in [-0.25, -0.2) is 9.48 Å². The summed E-state index contributed by atoms with van der Waals surface area (Å²) in [7, 11) is 0. The third-order valence-electron chi connectivity index (χ3n) is 2.07. The Hall–Kier alpha value is -2.37. The number of aromatic nitrogens is 3. The van der Waals surface area contributed by atoms with E-state index in [9.17, 15) is 9.90 Å². The van der Waals surface area contributed by atoms with Gasteiger partial charge in [0, 0.05) is 6.20 Å². The van der Waals surface area contributed by atoms with Crippen molar-refractivity contribution in [3.8, 4) is 11.4 Å². The van der Waals surface area contributed by atoms with Crippen molar-refractivity contribution in [2.75, 3.05) is 6.61 Å². The third kappa shape index (κ3) is 2.25. The minimum Gasteiger partial charge on any atom is -0.504 e. The van der Waals surface area contributed by atoms with E-state index in [-0.39, 0.29) is 18.1 Å². The molecule has 0 aromatic carbocycles. The average Bonchev–Trinajstić information content (AvgIpc) is 2.73. The minimum absolute atomic E-state index is 0.101. The number of carbonyl (C=O) groups excluding carboxylic acids is 1. The van der Waals surface area contributed by atoms with E-state index >= 15 is 0 Å². The lowest BCUT2D eigenvalue weighted by molar-refractivity contribution is 0.0515. The van der Waals surface area contributed by atoms with Crippen LogP contribution in [0.3, 0.4) is 0 Å². The van der Waals surface area contributed by atoms with Crippen molar-refractivity contribution in [3.05, 3.63) is 36.4 Å². The Morgan fingerprint density at radius 2 is 2.41 bits per heavy atom. The molecular weight excluding hydrogens is 222 g/mol. The fourth-order valence-corrected chi connectivity index (χ4v) is 1.33. The maximum atomic E-state index is 11.4. The summed E-state index contributed by atoms with van der Waals surface area (Å²) < 4.78 is 6.14. The first-order chi connectivity index (χ1) is 8.22. The summed E-state index contributed by atoms with van der Waals surface area (Å²) in [6.07, 6.45) is 4.53. The normalized spacial score (nSPS) is 10.2. The Morgan fingerprint density at radius 1 is 1.59 bits per heavy atom. The maximum Gasteiger partial charge on any atom is 0.362 e. The molecule has 0 amide bonds. The van der Waals surface area contributed by atoms with Crippen molar-refractivity contribution in [1.82, 2.24) is 14.8 Å². The highest BCUT2D eigenvalue weighted by Crippen LogP contribution is 2.18. The van der Waals surface area contributed by atoms with Crippen molar-refractivity contribution < 1.29 is 14.6 Å². The molecule has 2 heterocycles. The molecule has 0 fully saturated rings. The molecule has 6 heteroatoms. The fraction of sp³-hybridized carbons (Fsp3) is 0.182. The van der Waals surface area contributed by atoms with Gasteiger partial charge in [0.25, 0.3) is 0 Å². The quantitative estimate of drug-likeness (QED) is 0.804. The van der Waals surface area contributed by atoms with Crippen LogP contribution in [-0.4, -0.2) is 32.4 Å². The predicted molar refractivity (Wildman–Crippen MR) is 59.0 cm³/mol. The van der Waals surface area contributed by atoms with Crippen LogP contribution in [0.15, 0.2) is 30.7 Å². The van der Waals surface area contributed by atoms with Gasteiger partial charge < -0.3 is 9.84 Å². The molecule has 6 nitrogen and oxygen atoms in total. The zero-order valence-electron chi connectivity index (χ0n) is 9.20. The minimum atomic E-state index is -0.646. The molecule has 0 saturated heterocycles. The number of hydrogen-bond donors (Lipinski definition) is 1. The molecule has 0 aliphatic carbocycles. The second kappa shape index (κ2) is 4.65. The molecule has 0 bridgehead atoms. The summed E-state index contributed by atoms with van der Waals surface area (Å²) in [5.41, 5.74) is 0.550. The first kappa shape index (κ1) is 11.1. The zero-order chi connectivity index (χ0) is 12.3. The van der Waals surface area contributed by atoms with Crippen LogP contribution in [0.25, 0.3) is 5.69 Å². The molecule has 2 rings (SSSR count). The predicted octanol–water partition coefficient (Wildman–Crippen LogP) is 1.15. The van der Waals surface area contributed by atoms with Crippen LogP contribution in [0.1, 0.15) is 17.4 Å². The fourth-order valence-electron chi connectivity index (χ4n) is 1.33. The van der Waals surface area contributed by atoms with E-state index in [1.807, 2.05) is 0 Å². The van der Waals surface area contributed by atoms with E-state index in [1.54, 1.807) is 31.5 Å². The van der Waals surface area contributed by atoms with Gasteiger partial charge in [0.15, 0.2) is 5.75 Å². The van der Waals surface area contributed by atoms with Crippen LogP contribution in [0, 0.1) is 0 Å². The van der Waals surface area contributed by atoms with E-state index in [1.165, 1.54) is 10.9 Å². The van der Waals surface area contributed by atoms with Gasteiger partial charge in [0.2, 0.25) is 5.69 Å². The summed E-state index contributed by atoms with van der Waals surface area (Å²) in [4.78, 5) is 15.4. The number of carbonyl (C=O) groups is 1. The van der Waals surface area contributed by atoms with Crippen molar-refractivity contribution in [2.24, 2.45) is 0 Å². The van der Waals surface area contributed by atoms with Gasteiger partial charge >= 0.3 is 5.97 Å². The highest BCUT2D eigenvalue weighted by atomic mass is 16.5. The second-order valence-corrected chi connectivity index (χ2v) is 3.24. The standard InChI is InChI=1S/C11H11N3O3/c1-2-17-11(16)10-9(15)7-14(13-10)8-4-3-5-12-6-8/h3-7,15H,2H2,1H3. The molecule has 88 valence electrons. The van der Waals surface area contributed by atoms with Crippen LogP contribution >= 0.6 is 0 Å².